The van der Waals surface area contributed by atoms with Crippen LogP contribution in [0.1, 0.15) is 119 Å². The van der Waals surface area contributed by atoms with Crippen LogP contribution in [0.3, 0.4) is 0 Å². The molecular weight excluding hydrogens is 374 g/mol. The molecule has 0 aromatic carbocycles. The summed E-state index contributed by atoms with van der Waals surface area (Å²) in [6, 6.07) is 0. The molecule has 0 aromatic rings. The summed E-state index contributed by atoms with van der Waals surface area (Å²) in [5.74, 6) is 0. The molecule has 0 amide bonds. The molecule has 0 fully saturated rings. The monoisotopic (exact) mass is 434 g/mol. The van der Waals surface area contributed by atoms with Crippen molar-refractivity contribution in [3.63, 3.8) is 0 Å². The molecule has 0 rings (SSSR count). The summed E-state index contributed by atoms with van der Waals surface area (Å²) < 4.78 is 0. The van der Waals surface area contributed by atoms with E-state index in [-0.39, 0.29) is 0 Å². The molecule has 0 saturated heterocycles. The maximum absolute atomic E-state index is 2.43. The van der Waals surface area contributed by atoms with Crippen molar-refractivity contribution in [1.29, 1.82) is 0 Å². The van der Waals surface area contributed by atoms with Gasteiger partial charge in [-0.25, -0.2) is 0 Å². The summed E-state index contributed by atoms with van der Waals surface area (Å²) in [7, 11) is -1.93. The van der Waals surface area contributed by atoms with E-state index in [1.54, 1.807) is 68.6 Å². The van der Waals surface area contributed by atoms with Gasteiger partial charge in [-0.3, -0.25) is 0 Å². The van der Waals surface area contributed by atoms with Gasteiger partial charge >= 0.3 is 182 Å². The molecule has 0 aromatic heterocycles. The van der Waals surface area contributed by atoms with Crippen molar-refractivity contribution in [2.45, 2.75) is 119 Å². The van der Waals surface area contributed by atoms with E-state index in [1.807, 2.05) is 0 Å². The molecule has 0 radical (unpaired) electrons. The fourth-order valence-corrected chi connectivity index (χ4v) is 17.4. The molecule has 28 heavy (non-hydrogen) atoms. The summed E-state index contributed by atoms with van der Waals surface area (Å²) in [5, 5.41) is 0. The molecule has 0 nitrogen and oxygen atoms in total. The summed E-state index contributed by atoms with van der Waals surface area (Å²) in [6.07, 6.45) is 30.8. The van der Waals surface area contributed by atoms with E-state index < -0.39 is 14.5 Å². The molecule has 2 heteroatoms. The second kappa shape index (κ2) is 18.6. The summed E-state index contributed by atoms with van der Waals surface area (Å²) in [4.78, 5) is 0. The molecule has 174 valence electrons. The van der Waals surface area contributed by atoms with E-state index in [4.69, 9.17) is 0 Å². The quantitative estimate of drug-likeness (QED) is 0.125. The van der Waals surface area contributed by atoms with Crippen LogP contribution >= 0.6 is 14.5 Å². The van der Waals surface area contributed by atoms with Crippen LogP contribution in [-0.2, 0) is 0 Å². The van der Waals surface area contributed by atoms with Gasteiger partial charge in [0.2, 0.25) is 0 Å². The summed E-state index contributed by atoms with van der Waals surface area (Å²) in [5.41, 5.74) is 0. The zero-order chi connectivity index (χ0) is 21.1. The number of unbranched alkanes of at least 4 members (excludes halogenated alkanes) is 5. The van der Waals surface area contributed by atoms with Gasteiger partial charge in [0.15, 0.2) is 0 Å². The predicted octanol–water partition coefficient (Wildman–Crippen LogP) is 9.29. The van der Waals surface area contributed by atoms with E-state index >= 15 is 0 Å². The normalized spacial score (nSPS) is 13.8. The van der Waals surface area contributed by atoms with E-state index in [9.17, 15) is 0 Å². The fourth-order valence-electron chi connectivity index (χ4n) is 5.92. The summed E-state index contributed by atoms with van der Waals surface area (Å²) >= 11 is 0. The Hall–Kier alpha value is 0.860. The number of hydrogen-bond acceptors (Lipinski definition) is 0. The van der Waals surface area contributed by atoms with Crippen LogP contribution in [0.4, 0.5) is 0 Å². The van der Waals surface area contributed by atoms with Crippen LogP contribution in [0, 0.1) is 0 Å². The molecular formula is C26H60P2. The second-order valence-corrected chi connectivity index (χ2v) is 20.1. The van der Waals surface area contributed by atoms with E-state index in [0.717, 1.165) is 0 Å². The third-order valence-corrected chi connectivity index (χ3v) is 19.2. The van der Waals surface area contributed by atoms with Crippen molar-refractivity contribution in [3.8, 4) is 0 Å². The van der Waals surface area contributed by atoms with E-state index in [1.165, 1.54) is 57.8 Å². The molecule has 0 spiro atoms. The molecule has 0 N–H and O–H groups in total. The third kappa shape index (κ3) is 12.5. The van der Waals surface area contributed by atoms with Gasteiger partial charge in [-0.2, -0.15) is 0 Å². The SMILES string of the molecule is CCCC[PH](CCCC)(CCCC)CCCCC[PH](CCC)(CCC)CCC. The van der Waals surface area contributed by atoms with Crippen LogP contribution in [0.25, 0.3) is 0 Å². The van der Waals surface area contributed by atoms with Crippen molar-refractivity contribution in [1.82, 2.24) is 0 Å². The summed E-state index contributed by atoms with van der Waals surface area (Å²) in [6.45, 7) is 14.5. The van der Waals surface area contributed by atoms with Crippen molar-refractivity contribution in [2.24, 2.45) is 0 Å². The number of hydrogen-bond donors (Lipinski definition) is 0. The average molecular weight is 435 g/mol. The van der Waals surface area contributed by atoms with Crippen molar-refractivity contribution in [2.75, 3.05) is 49.3 Å². The maximum atomic E-state index is 2.43. The van der Waals surface area contributed by atoms with E-state index in [0.29, 0.717) is 0 Å². The van der Waals surface area contributed by atoms with Crippen LogP contribution in [0.5, 0.6) is 0 Å². The van der Waals surface area contributed by atoms with Gasteiger partial charge in [-0.05, 0) is 0 Å². The van der Waals surface area contributed by atoms with Gasteiger partial charge in [0, 0.05) is 0 Å². The van der Waals surface area contributed by atoms with Crippen molar-refractivity contribution >= 4 is 14.5 Å². The van der Waals surface area contributed by atoms with Crippen LogP contribution in [0.15, 0.2) is 0 Å². The Bertz CT molecular complexity index is 288. The minimum absolute atomic E-state index is 0.943. The molecule has 0 aliphatic heterocycles. The van der Waals surface area contributed by atoms with Gasteiger partial charge in [-0.1, -0.05) is 0 Å². The number of rotatable bonds is 21. The second-order valence-electron chi connectivity index (χ2n) is 10.1. The first-order valence-electron chi connectivity index (χ1n) is 13.6. The Labute approximate surface area is 182 Å². The molecule has 0 atom stereocenters. The van der Waals surface area contributed by atoms with Gasteiger partial charge in [-0.15, -0.1) is 0 Å². The molecule has 0 bridgehead atoms. The Balaban J connectivity index is 4.69. The first kappa shape index (κ1) is 28.9. The van der Waals surface area contributed by atoms with E-state index in [2.05, 4.69) is 41.5 Å². The van der Waals surface area contributed by atoms with Gasteiger partial charge in [0.05, 0.1) is 0 Å². The topological polar surface area (TPSA) is 0 Å². The van der Waals surface area contributed by atoms with Crippen LogP contribution in [-0.4, -0.2) is 49.3 Å². The Morgan fingerprint density at radius 2 is 0.571 bits per heavy atom. The zero-order valence-corrected chi connectivity index (χ0v) is 23.1. The van der Waals surface area contributed by atoms with Crippen molar-refractivity contribution < 1.29 is 0 Å². The Kier molecular flexibility index (Phi) is 19.2. The first-order valence-corrected chi connectivity index (χ1v) is 19.2. The van der Waals surface area contributed by atoms with Crippen LogP contribution < -0.4 is 0 Å². The molecule has 0 aliphatic rings. The standard InChI is InChI=1S/C26H60P2/c1-7-13-22-28(23-14-8-2,24-15-9-3)26-18-16-17-25-27(19-10-4,20-11-5)21-12-6/h27-28H,7-26H2,1-6H3. The van der Waals surface area contributed by atoms with Crippen molar-refractivity contribution in [3.05, 3.63) is 0 Å². The van der Waals surface area contributed by atoms with Gasteiger partial charge in [0.25, 0.3) is 0 Å². The van der Waals surface area contributed by atoms with Crippen LogP contribution in [0.2, 0.25) is 0 Å². The Morgan fingerprint density at radius 3 is 0.857 bits per heavy atom. The third-order valence-electron chi connectivity index (χ3n) is 7.44. The Morgan fingerprint density at radius 1 is 0.286 bits per heavy atom. The minimum atomic E-state index is -0.989. The van der Waals surface area contributed by atoms with Gasteiger partial charge in [0.1, 0.15) is 0 Å². The molecule has 0 unspecified atom stereocenters. The molecule has 0 saturated carbocycles. The average Bonchev–Trinajstić information content (AvgIpc) is 2.69. The zero-order valence-electron chi connectivity index (χ0n) is 21.1. The fraction of sp³-hybridized carbons (Fsp3) is 1.00. The molecule has 0 heterocycles. The molecule has 0 aliphatic carbocycles. The predicted molar refractivity (Wildman–Crippen MR) is 145 cm³/mol. The first-order chi connectivity index (χ1) is 13.6. The van der Waals surface area contributed by atoms with Gasteiger partial charge < -0.3 is 0 Å².